The van der Waals surface area contributed by atoms with E-state index >= 15 is 0 Å². The maximum absolute atomic E-state index is 11.0. The zero-order valence-electron chi connectivity index (χ0n) is 6.85. The van der Waals surface area contributed by atoms with Gasteiger partial charge < -0.3 is 10.1 Å². The molecule has 1 fully saturated rings. The van der Waals surface area contributed by atoms with Crippen LogP contribution in [-0.4, -0.2) is 31.1 Å². The molecule has 0 spiro atoms. The minimum absolute atomic E-state index is 0. The van der Waals surface area contributed by atoms with Crippen LogP contribution in [0.5, 0.6) is 0 Å². The first-order chi connectivity index (χ1) is 4.65. The van der Waals surface area contributed by atoms with Gasteiger partial charge in [-0.1, -0.05) is 0 Å². The standard InChI is InChI=1S/C7H13NO2.ClH/c1-6(9)7(2)5-8-3-4-10-7;/h8H,3-5H2,1-2H3;1H. The molecule has 0 aromatic carbocycles. The molecule has 1 aliphatic heterocycles. The van der Waals surface area contributed by atoms with E-state index in [1.165, 1.54) is 0 Å². The second-order valence-corrected chi connectivity index (χ2v) is 2.81. The number of halogens is 1. The molecule has 1 heterocycles. The smallest absolute Gasteiger partial charge is 0.162 e. The van der Waals surface area contributed by atoms with Gasteiger partial charge in [0.2, 0.25) is 0 Å². The quantitative estimate of drug-likeness (QED) is 0.633. The normalized spacial score (nSPS) is 30.7. The van der Waals surface area contributed by atoms with Crippen molar-refractivity contribution in [3.8, 4) is 0 Å². The lowest BCUT2D eigenvalue weighted by atomic mass is 10.0. The summed E-state index contributed by atoms with van der Waals surface area (Å²) in [5, 5.41) is 3.11. The maximum Gasteiger partial charge on any atom is 0.162 e. The van der Waals surface area contributed by atoms with Crippen LogP contribution >= 0.6 is 12.4 Å². The Labute approximate surface area is 72.9 Å². The molecule has 0 bridgehead atoms. The molecule has 0 radical (unpaired) electrons. The Morgan fingerprint density at radius 3 is 2.55 bits per heavy atom. The highest BCUT2D eigenvalue weighted by Gasteiger charge is 2.32. The monoisotopic (exact) mass is 179 g/mol. The first-order valence-electron chi connectivity index (χ1n) is 3.51. The maximum atomic E-state index is 11.0. The van der Waals surface area contributed by atoms with Crippen molar-refractivity contribution < 1.29 is 9.53 Å². The lowest BCUT2D eigenvalue weighted by molar-refractivity contribution is -0.143. The molecule has 0 aliphatic carbocycles. The van der Waals surface area contributed by atoms with Crippen LogP contribution in [0.25, 0.3) is 0 Å². The molecule has 11 heavy (non-hydrogen) atoms. The zero-order valence-corrected chi connectivity index (χ0v) is 7.66. The topological polar surface area (TPSA) is 38.3 Å². The minimum Gasteiger partial charge on any atom is -0.365 e. The molecule has 1 atom stereocenters. The molecule has 1 saturated heterocycles. The van der Waals surface area contributed by atoms with Gasteiger partial charge in [0.1, 0.15) is 5.60 Å². The summed E-state index contributed by atoms with van der Waals surface area (Å²) in [6, 6.07) is 0. The van der Waals surface area contributed by atoms with Crippen molar-refractivity contribution in [3.63, 3.8) is 0 Å². The van der Waals surface area contributed by atoms with E-state index in [1.54, 1.807) is 6.92 Å². The van der Waals surface area contributed by atoms with Crippen molar-refractivity contribution in [2.75, 3.05) is 19.7 Å². The van der Waals surface area contributed by atoms with Crippen molar-refractivity contribution in [1.29, 1.82) is 0 Å². The van der Waals surface area contributed by atoms with Crippen LogP contribution < -0.4 is 5.32 Å². The number of carbonyl (C=O) groups is 1. The number of rotatable bonds is 1. The third kappa shape index (κ3) is 2.43. The van der Waals surface area contributed by atoms with E-state index in [4.69, 9.17) is 4.74 Å². The van der Waals surface area contributed by atoms with E-state index in [0.29, 0.717) is 13.2 Å². The second kappa shape index (κ2) is 4.04. The molecule has 0 aromatic rings. The number of Topliss-reactive ketones (excluding diaryl/α,β-unsaturated/α-hetero) is 1. The molecule has 1 N–H and O–H groups in total. The molecule has 1 unspecified atom stereocenters. The van der Waals surface area contributed by atoms with Gasteiger partial charge >= 0.3 is 0 Å². The lowest BCUT2D eigenvalue weighted by Crippen LogP contribution is -2.51. The van der Waals surface area contributed by atoms with Crippen LogP contribution in [0.4, 0.5) is 0 Å². The summed E-state index contributed by atoms with van der Waals surface area (Å²) < 4.78 is 5.31. The second-order valence-electron chi connectivity index (χ2n) is 2.81. The summed E-state index contributed by atoms with van der Waals surface area (Å²) in [6.45, 7) is 5.51. The average molecular weight is 180 g/mol. The van der Waals surface area contributed by atoms with Gasteiger partial charge in [0, 0.05) is 13.1 Å². The fourth-order valence-corrected chi connectivity index (χ4v) is 0.953. The largest absolute Gasteiger partial charge is 0.365 e. The molecular formula is C7H14ClNO2. The lowest BCUT2D eigenvalue weighted by Gasteiger charge is -2.31. The third-order valence-corrected chi connectivity index (χ3v) is 1.91. The fraction of sp³-hybridized carbons (Fsp3) is 0.857. The summed E-state index contributed by atoms with van der Waals surface area (Å²) in [5.74, 6) is 0.0969. The predicted octanol–water partition coefficient (Wildman–Crippen LogP) is 0.376. The number of hydrogen-bond donors (Lipinski definition) is 1. The van der Waals surface area contributed by atoms with Crippen LogP contribution in [0.3, 0.4) is 0 Å². The van der Waals surface area contributed by atoms with Gasteiger partial charge in [0.05, 0.1) is 6.61 Å². The van der Waals surface area contributed by atoms with Gasteiger partial charge in [-0.2, -0.15) is 0 Å². The van der Waals surface area contributed by atoms with Gasteiger partial charge in [-0.3, -0.25) is 4.79 Å². The van der Waals surface area contributed by atoms with E-state index in [0.717, 1.165) is 6.54 Å². The van der Waals surface area contributed by atoms with Gasteiger partial charge in [0.25, 0.3) is 0 Å². The highest BCUT2D eigenvalue weighted by molar-refractivity contribution is 5.85. The van der Waals surface area contributed by atoms with Crippen molar-refractivity contribution in [3.05, 3.63) is 0 Å². The molecule has 0 amide bonds. The number of carbonyl (C=O) groups excluding carboxylic acids is 1. The molecule has 1 rings (SSSR count). The Morgan fingerprint density at radius 2 is 2.27 bits per heavy atom. The van der Waals surface area contributed by atoms with E-state index in [-0.39, 0.29) is 18.2 Å². The highest BCUT2D eigenvalue weighted by Crippen LogP contribution is 2.12. The van der Waals surface area contributed by atoms with E-state index in [1.807, 2.05) is 6.92 Å². The summed E-state index contributed by atoms with van der Waals surface area (Å²) in [4.78, 5) is 11.0. The minimum atomic E-state index is -0.571. The Kier molecular flexibility index (Phi) is 4.00. The van der Waals surface area contributed by atoms with Gasteiger partial charge in [-0.05, 0) is 13.8 Å². The predicted molar refractivity (Wildman–Crippen MR) is 45.2 cm³/mol. The van der Waals surface area contributed by atoms with E-state index < -0.39 is 5.60 Å². The van der Waals surface area contributed by atoms with Gasteiger partial charge in [-0.15, -0.1) is 12.4 Å². The summed E-state index contributed by atoms with van der Waals surface area (Å²) in [7, 11) is 0. The molecular weight excluding hydrogens is 166 g/mol. The van der Waals surface area contributed by atoms with Crippen LogP contribution in [0.2, 0.25) is 0 Å². The van der Waals surface area contributed by atoms with Crippen LogP contribution in [-0.2, 0) is 9.53 Å². The molecule has 3 nitrogen and oxygen atoms in total. The highest BCUT2D eigenvalue weighted by atomic mass is 35.5. The Hall–Kier alpha value is -0.120. The first-order valence-corrected chi connectivity index (χ1v) is 3.51. The Morgan fingerprint density at radius 1 is 1.64 bits per heavy atom. The average Bonchev–Trinajstić information content (AvgIpc) is 1.89. The third-order valence-electron chi connectivity index (χ3n) is 1.91. The van der Waals surface area contributed by atoms with E-state index in [2.05, 4.69) is 5.32 Å². The Balaban J connectivity index is 0.000001000. The SMILES string of the molecule is CC(=O)C1(C)CNCCO1.Cl. The summed E-state index contributed by atoms with van der Waals surface area (Å²) in [6.07, 6.45) is 0. The first kappa shape index (κ1) is 10.9. The van der Waals surface area contributed by atoms with Crippen molar-refractivity contribution in [2.24, 2.45) is 0 Å². The van der Waals surface area contributed by atoms with Crippen LogP contribution in [0.15, 0.2) is 0 Å². The van der Waals surface area contributed by atoms with Crippen molar-refractivity contribution >= 4 is 18.2 Å². The molecule has 1 aliphatic rings. The fourth-order valence-electron chi connectivity index (χ4n) is 0.953. The number of nitrogens with one attached hydrogen (secondary N) is 1. The molecule has 0 aromatic heterocycles. The van der Waals surface area contributed by atoms with Crippen molar-refractivity contribution in [2.45, 2.75) is 19.4 Å². The van der Waals surface area contributed by atoms with Crippen LogP contribution in [0, 0.1) is 0 Å². The number of ketones is 1. The summed E-state index contributed by atoms with van der Waals surface area (Å²) >= 11 is 0. The molecule has 4 heteroatoms. The van der Waals surface area contributed by atoms with Crippen molar-refractivity contribution in [1.82, 2.24) is 5.32 Å². The molecule has 0 saturated carbocycles. The number of hydrogen-bond acceptors (Lipinski definition) is 3. The van der Waals surface area contributed by atoms with Gasteiger partial charge in [-0.25, -0.2) is 0 Å². The zero-order chi connectivity index (χ0) is 7.61. The summed E-state index contributed by atoms with van der Waals surface area (Å²) in [5.41, 5.74) is -0.571. The Bertz CT molecular complexity index is 143. The number of ether oxygens (including phenoxy) is 1. The molecule has 66 valence electrons. The van der Waals surface area contributed by atoms with Crippen LogP contribution in [0.1, 0.15) is 13.8 Å². The van der Waals surface area contributed by atoms with Gasteiger partial charge in [0.15, 0.2) is 5.78 Å². The van der Waals surface area contributed by atoms with E-state index in [9.17, 15) is 4.79 Å². The number of morpholine rings is 1.